The number of nitrogens with zero attached hydrogens (tertiary/aromatic N) is 2. The van der Waals surface area contributed by atoms with Gasteiger partial charge in [0.25, 0.3) is 0 Å². The average Bonchev–Trinajstić information content (AvgIpc) is 2.50. The van der Waals surface area contributed by atoms with E-state index in [2.05, 4.69) is 29.5 Å². The maximum Gasteiger partial charge on any atom is 0.191 e. The van der Waals surface area contributed by atoms with E-state index in [1.54, 1.807) is 19.2 Å². The van der Waals surface area contributed by atoms with Gasteiger partial charge in [-0.15, -0.1) is 24.0 Å². The zero-order chi connectivity index (χ0) is 15.7. The summed E-state index contributed by atoms with van der Waals surface area (Å²) >= 11 is 0. The Hall–Kier alpha value is -1.05. The van der Waals surface area contributed by atoms with Crippen LogP contribution in [0.2, 0.25) is 0 Å². The Morgan fingerprint density at radius 2 is 2.05 bits per heavy atom. The molecule has 2 N–H and O–H groups in total. The predicted molar refractivity (Wildman–Crippen MR) is 104 cm³/mol. The summed E-state index contributed by atoms with van der Waals surface area (Å²) < 4.78 is 13.6. The Labute approximate surface area is 150 Å². The number of anilines is 1. The van der Waals surface area contributed by atoms with Crippen molar-refractivity contribution in [2.45, 2.75) is 32.7 Å². The minimum atomic E-state index is -0.179. The fraction of sp³-hybridized carbons (Fsp3) is 0.562. The largest absolute Gasteiger partial charge is 0.372 e. The normalized spacial score (nSPS) is 12.3. The van der Waals surface area contributed by atoms with Crippen LogP contribution < -0.4 is 15.5 Å². The first-order valence-electron chi connectivity index (χ1n) is 7.51. The molecule has 0 spiro atoms. The van der Waals surface area contributed by atoms with E-state index in [9.17, 15) is 4.39 Å². The molecule has 0 aromatic heterocycles. The molecule has 0 bridgehead atoms. The summed E-state index contributed by atoms with van der Waals surface area (Å²) in [4.78, 5) is 6.12. The summed E-state index contributed by atoms with van der Waals surface area (Å²) in [5, 5.41) is 6.59. The molecule has 1 aromatic carbocycles. The van der Waals surface area contributed by atoms with Crippen LogP contribution in [0.3, 0.4) is 0 Å². The molecular weight excluding hydrogens is 394 g/mol. The van der Waals surface area contributed by atoms with Crippen LogP contribution in [-0.4, -0.2) is 39.2 Å². The SMILES string of the molecule is CCC(C)NC(=NC)NCCCN(C)c1ccccc1F.I. The molecule has 1 rings (SSSR count). The average molecular weight is 422 g/mol. The summed E-state index contributed by atoms with van der Waals surface area (Å²) in [5.41, 5.74) is 0.639. The van der Waals surface area contributed by atoms with Gasteiger partial charge >= 0.3 is 0 Å². The van der Waals surface area contributed by atoms with Crippen molar-refractivity contribution in [3.63, 3.8) is 0 Å². The van der Waals surface area contributed by atoms with Gasteiger partial charge in [-0.3, -0.25) is 4.99 Å². The number of hydrogen-bond donors (Lipinski definition) is 2. The lowest BCUT2D eigenvalue weighted by Gasteiger charge is -2.21. The zero-order valence-corrected chi connectivity index (χ0v) is 16.2. The highest BCUT2D eigenvalue weighted by molar-refractivity contribution is 14.0. The Balaban J connectivity index is 0.00000441. The summed E-state index contributed by atoms with van der Waals surface area (Å²) in [6.45, 7) is 5.84. The van der Waals surface area contributed by atoms with Crippen molar-refractivity contribution in [1.29, 1.82) is 0 Å². The van der Waals surface area contributed by atoms with Crippen molar-refractivity contribution in [3.8, 4) is 0 Å². The van der Waals surface area contributed by atoms with Crippen molar-refractivity contribution in [2.24, 2.45) is 4.99 Å². The van der Waals surface area contributed by atoms with Crippen LogP contribution >= 0.6 is 24.0 Å². The van der Waals surface area contributed by atoms with Crippen LogP contribution in [0.5, 0.6) is 0 Å². The molecule has 0 aliphatic carbocycles. The Kier molecular flexibility index (Phi) is 11.0. The first-order chi connectivity index (χ1) is 10.1. The third kappa shape index (κ3) is 7.29. The monoisotopic (exact) mass is 422 g/mol. The Bertz CT molecular complexity index is 454. The molecule has 0 aliphatic heterocycles. The van der Waals surface area contributed by atoms with Gasteiger partial charge in [-0.05, 0) is 31.9 Å². The molecule has 0 radical (unpaired) electrons. The lowest BCUT2D eigenvalue weighted by atomic mass is 10.2. The highest BCUT2D eigenvalue weighted by Gasteiger charge is 2.06. The predicted octanol–water partition coefficient (Wildman–Crippen LogP) is 3.23. The van der Waals surface area contributed by atoms with Crippen LogP contribution in [0.1, 0.15) is 26.7 Å². The standard InChI is InChI=1S/C16H27FN4.HI/c1-5-13(2)20-16(18-3)19-11-8-12-21(4)15-10-7-6-9-14(15)17;/h6-7,9-10,13H,5,8,11-12H2,1-4H3,(H2,18,19,20);1H. The van der Waals surface area contributed by atoms with Gasteiger partial charge in [0.05, 0.1) is 5.69 Å². The van der Waals surface area contributed by atoms with Gasteiger partial charge in [0.15, 0.2) is 5.96 Å². The van der Waals surface area contributed by atoms with E-state index in [0.717, 1.165) is 31.9 Å². The number of guanidine groups is 1. The second-order valence-corrected chi connectivity index (χ2v) is 5.18. The third-order valence-corrected chi connectivity index (χ3v) is 3.45. The molecule has 0 saturated carbocycles. The summed E-state index contributed by atoms with van der Waals surface area (Å²) in [7, 11) is 3.67. The molecule has 1 aromatic rings. The lowest BCUT2D eigenvalue weighted by molar-refractivity contribution is 0.612. The molecule has 126 valence electrons. The molecule has 4 nitrogen and oxygen atoms in total. The topological polar surface area (TPSA) is 39.7 Å². The minimum Gasteiger partial charge on any atom is -0.372 e. The zero-order valence-electron chi connectivity index (χ0n) is 13.9. The van der Waals surface area contributed by atoms with Crippen molar-refractivity contribution < 1.29 is 4.39 Å². The smallest absolute Gasteiger partial charge is 0.191 e. The molecule has 1 unspecified atom stereocenters. The summed E-state index contributed by atoms with van der Waals surface area (Å²) in [6, 6.07) is 7.25. The number of aliphatic imine (C=N–C) groups is 1. The van der Waals surface area contributed by atoms with Crippen molar-refractivity contribution in [2.75, 3.05) is 32.1 Å². The second-order valence-electron chi connectivity index (χ2n) is 5.18. The quantitative estimate of drug-likeness (QED) is 0.307. The van der Waals surface area contributed by atoms with Crippen LogP contribution in [0.4, 0.5) is 10.1 Å². The molecule has 6 heteroatoms. The highest BCUT2D eigenvalue weighted by Crippen LogP contribution is 2.16. The molecule has 0 fully saturated rings. The van der Waals surface area contributed by atoms with Gasteiger partial charge in [-0.1, -0.05) is 19.1 Å². The molecular formula is C16H28FIN4. The van der Waals surface area contributed by atoms with Gasteiger partial charge in [-0.2, -0.15) is 0 Å². The van der Waals surface area contributed by atoms with Crippen LogP contribution in [-0.2, 0) is 0 Å². The molecule has 0 saturated heterocycles. The highest BCUT2D eigenvalue weighted by atomic mass is 127. The number of nitrogens with one attached hydrogen (secondary N) is 2. The maximum atomic E-state index is 13.6. The van der Waals surface area contributed by atoms with Gasteiger partial charge in [0.1, 0.15) is 5.82 Å². The van der Waals surface area contributed by atoms with Gasteiger partial charge in [0.2, 0.25) is 0 Å². The minimum absolute atomic E-state index is 0. The Morgan fingerprint density at radius 1 is 1.36 bits per heavy atom. The lowest BCUT2D eigenvalue weighted by Crippen LogP contribution is -2.42. The van der Waals surface area contributed by atoms with E-state index in [1.165, 1.54) is 6.07 Å². The molecule has 0 aliphatic rings. The number of halogens is 2. The van der Waals surface area contributed by atoms with E-state index in [1.807, 2.05) is 18.0 Å². The first kappa shape index (κ1) is 20.9. The van der Waals surface area contributed by atoms with Gasteiger partial charge < -0.3 is 15.5 Å². The molecule has 0 heterocycles. The van der Waals surface area contributed by atoms with Crippen LogP contribution in [0.15, 0.2) is 29.3 Å². The van der Waals surface area contributed by atoms with Gasteiger partial charge in [0, 0.05) is 33.2 Å². The number of hydrogen-bond acceptors (Lipinski definition) is 2. The summed E-state index contributed by atoms with van der Waals surface area (Å²) in [6.07, 6.45) is 1.96. The Morgan fingerprint density at radius 3 is 2.64 bits per heavy atom. The van der Waals surface area contributed by atoms with E-state index in [-0.39, 0.29) is 29.8 Å². The second kappa shape index (κ2) is 11.5. The van der Waals surface area contributed by atoms with Crippen molar-refractivity contribution in [3.05, 3.63) is 30.1 Å². The molecule has 22 heavy (non-hydrogen) atoms. The number of para-hydroxylation sites is 1. The fourth-order valence-corrected chi connectivity index (χ4v) is 1.93. The van der Waals surface area contributed by atoms with Gasteiger partial charge in [-0.25, -0.2) is 4.39 Å². The van der Waals surface area contributed by atoms with Crippen LogP contribution in [0.25, 0.3) is 0 Å². The number of rotatable bonds is 7. The molecule has 0 amide bonds. The fourth-order valence-electron chi connectivity index (χ4n) is 1.93. The first-order valence-corrected chi connectivity index (χ1v) is 7.51. The number of benzene rings is 1. The van der Waals surface area contributed by atoms with E-state index >= 15 is 0 Å². The maximum absolute atomic E-state index is 13.6. The third-order valence-electron chi connectivity index (χ3n) is 3.45. The van der Waals surface area contributed by atoms with Crippen molar-refractivity contribution in [1.82, 2.24) is 10.6 Å². The van der Waals surface area contributed by atoms with E-state index in [0.29, 0.717) is 11.7 Å². The summed E-state index contributed by atoms with van der Waals surface area (Å²) in [5.74, 6) is 0.639. The molecule has 1 atom stereocenters. The van der Waals surface area contributed by atoms with E-state index < -0.39 is 0 Å². The van der Waals surface area contributed by atoms with E-state index in [4.69, 9.17) is 0 Å². The van der Waals surface area contributed by atoms with Crippen LogP contribution in [0, 0.1) is 5.82 Å². The van der Waals surface area contributed by atoms with Crippen molar-refractivity contribution >= 4 is 35.6 Å².